The quantitative estimate of drug-likeness (QED) is 0.679. The number of ether oxygens (including phenoxy) is 1. The van der Waals surface area contributed by atoms with Crippen LogP contribution < -0.4 is 0 Å². The standard InChI is InChI=1S/C13H14NO2.C5H5.Fe/c1-3-16-13(15)12-11(9(2)8-14-12)10-6-4-5-7-10;1-2-4-5-3-1;/h4-8,14H,3H2,1-2H3;1-5H;/q;;+2. The summed E-state index contributed by atoms with van der Waals surface area (Å²) in [4.78, 5) is 14.7. The summed E-state index contributed by atoms with van der Waals surface area (Å²) in [6, 6.07) is 0. The minimum absolute atomic E-state index is 0. The summed E-state index contributed by atoms with van der Waals surface area (Å²) in [7, 11) is 0. The molecule has 114 valence electrons. The maximum atomic E-state index is 11.7. The first kappa shape index (κ1) is 19.3. The maximum absolute atomic E-state index is 11.7. The van der Waals surface area contributed by atoms with Gasteiger partial charge < -0.3 is 9.72 Å². The van der Waals surface area contributed by atoms with Crippen LogP contribution in [0.25, 0.3) is 0 Å². The predicted octanol–water partition coefficient (Wildman–Crippen LogP) is 3.27. The van der Waals surface area contributed by atoms with Crippen molar-refractivity contribution in [3.05, 3.63) is 86.7 Å². The Bertz CT molecular complexity index is 438. The molecule has 1 heterocycles. The van der Waals surface area contributed by atoms with E-state index < -0.39 is 0 Å². The molecule has 0 aliphatic heterocycles. The van der Waals surface area contributed by atoms with Gasteiger partial charge in [0.15, 0.2) is 0 Å². The SMILES string of the molecule is CCOC(=O)c1[nH]cc(C)c1[C]1[CH][CH][CH][CH]1.[CH]1[CH][CH][CH][CH]1.[Fe+2]. The van der Waals surface area contributed by atoms with Crippen LogP contribution in [-0.4, -0.2) is 17.6 Å². The van der Waals surface area contributed by atoms with Crippen molar-refractivity contribution in [2.75, 3.05) is 6.61 Å². The summed E-state index contributed by atoms with van der Waals surface area (Å²) in [5.41, 5.74) is 2.52. The summed E-state index contributed by atoms with van der Waals surface area (Å²) in [5, 5.41) is 0. The average Bonchev–Trinajstić information content (AvgIpc) is 3.22. The van der Waals surface area contributed by atoms with Crippen LogP contribution in [0.1, 0.15) is 28.5 Å². The molecular weight excluding hydrogens is 318 g/mol. The van der Waals surface area contributed by atoms with Crippen molar-refractivity contribution < 1.29 is 26.6 Å². The van der Waals surface area contributed by atoms with Crippen molar-refractivity contribution in [1.29, 1.82) is 0 Å². The number of rotatable bonds is 3. The first-order chi connectivity index (χ1) is 10.2. The number of hydrogen-bond donors (Lipinski definition) is 1. The molecule has 0 spiro atoms. The molecule has 2 fully saturated rings. The fraction of sp³-hybridized carbons (Fsp3) is 0.167. The van der Waals surface area contributed by atoms with Gasteiger partial charge in [-0.3, -0.25) is 0 Å². The Kier molecular flexibility index (Phi) is 8.89. The molecule has 0 unspecified atom stereocenters. The van der Waals surface area contributed by atoms with Crippen LogP contribution in [0.15, 0.2) is 6.20 Å². The molecule has 1 aromatic rings. The van der Waals surface area contributed by atoms with E-state index in [4.69, 9.17) is 4.74 Å². The number of hydrogen-bond acceptors (Lipinski definition) is 2. The molecule has 4 heteroatoms. The Labute approximate surface area is 145 Å². The molecule has 0 atom stereocenters. The molecule has 1 N–H and O–H groups in total. The Morgan fingerprint density at radius 3 is 2.09 bits per heavy atom. The second kappa shape index (κ2) is 10.1. The van der Waals surface area contributed by atoms with Crippen molar-refractivity contribution in [3.8, 4) is 0 Å². The van der Waals surface area contributed by atoms with Crippen LogP contribution in [0.5, 0.6) is 0 Å². The third-order valence-electron chi connectivity index (χ3n) is 3.06. The van der Waals surface area contributed by atoms with E-state index in [0.717, 1.165) is 17.0 Å². The number of H-pyrrole nitrogens is 1. The topological polar surface area (TPSA) is 42.1 Å². The summed E-state index contributed by atoms with van der Waals surface area (Å²) in [6.45, 7) is 4.16. The first-order valence-corrected chi connectivity index (χ1v) is 6.98. The maximum Gasteiger partial charge on any atom is 2.00 e. The number of carbonyl (C=O) groups is 1. The fourth-order valence-electron chi connectivity index (χ4n) is 2.12. The monoisotopic (exact) mass is 337 g/mol. The molecule has 3 rings (SSSR count). The molecule has 2 saturated carbocycles. The van der Waals surface area contributed by atoms with E-state index >= 15 is 0 Å². The minimum Gasteiger partial charge on any atom is -0.461 e. The molecular formula is C18H19FeNO2+2. The molecule has 2 aliphatic rings. The molecule has 3 nitrogen and oxygen atoms in total. The molecule has 2 aliphatic carbocycles. The van der Waals surface area contributed by atoms with Crippen LogP contribution in [0.3, 0.4) is 0 Å². The van der Waals surface area contributed by atoms with Gasteiger partial charge in [0.2, 0.25) is 0 Å². The van der Waals surface area contributed by atoms with Gasteiger partial charge in [-0.05, 0) is 82.8 Å². The Morgan fingerprint density at radius 2 is 1.59 bits per heavy atom. The van der Waals surface area contributed by atoms with Gasteiger partial charge >= 0.3 is 23.0 Å². The number of aryl methyl sites for hydroxylation is 1. The van der Waals surface area contributed by atoms with Gasteiger partial charge in [-0.25, -0.2) is 4.79 Å². The molecule has 0 saturated heterocycles. The first-order valence-electron chi connectivity index (χ1n) is 6.98. The summed E-state index contributed by atoms with van der Waals surface area (Å²) < 4.78 is 5.01. The third-order valence-corrected chi connectivity index (χ3v) is 3.06. The van der Waals surface area contributed by atoms with Crippen molar-refractivity contribution in [3.63, 3.8) is 0 Å². The second-order valence-electron chi connectivity index (χ2n) is 4.58. The van der Waals surface area contributed by atoms with E-state index in [0.29, 0.717) is 12.3 Å². The zero-order valence-corrected chi connectivity index (χ0v) is 13.8. The van der Waals surface area contributed by atoms with Crippen LogP contribution in [0.2, 0.25) is 0 Å². The number of carbonyl (C=O) groups excluding carboxylic acids is 1. The third kappa shape index (κ3) is 5.17. The number of esters is 1. The van der Waals surface area contributed by atoms with Crippen LogP contribution in [0, 0.1) is 70.6 Å². The number of aromatic amines is 1. The molecule has 0 bridgehead atoms. The zero-order chi connectivity index (χ0) is 15.1. The van der Waals surface area contributed by atoms with Crippen LogP contribution in [0.4, 0.5) is 0 Å². The van der Waals surface area contributed by atoms with Crippen LogP contribution in [-0.2, 0) is 21.8 Å². The normalized spacial score (nSPS) is 17.5. The van der Waals surface area contributed by atoms with Gasteiger partial charge in [-0.1, -0.05) is 0 Å². The van der Waals surface area contributed by atoms with Crippen molar-refractivity contribution >= 4 is 5.97 Å². The predicted molar refractivity (Wildman–Crippen MR) is 82.5 cm³/mol. The minimum atomic E-state index is -0.299. The van der Waals surface area contributed by atoms with Gasteiger partial charge in [0, 0.05) is 12.1 Å². The average molecular weight is 337 g/mol. The Balaban J connectivity index is 0.000000344. The number of nitrogens with one attached hydrogen (secondary N) is 1. The zero-order valence-electron chi connectivity index (χ0n) is 12.7. The molecule has 10 radical (unpaired) electrons. The van der Waals surface area contributed by atoms with Crippen molar-refractivity contribution in [1.82, 2.24) is 4.98 Å². The Morgan fingerprint density at radius 1 is 1.05 bits per heavy atom. The second-order valence-corrected chi connectivity index (χ2v) is 4.58. The summed E-state index contributed by atoms with van der Waals surface area (Å²) in [6.07, 6.45) is 19.7. The van der Waals surface area contributed by atoms with Gasteiger partial charge in [-0.15, -0.1) is 0 Å². The van der Waals surface area contributed by atoms with Crippen molar-refractivity contribution in [2.24, 2.45) is 0 Å². The summed E-state index contributed by atoms with van der Waals surface area (Å²) in [5.74, 6) is 0.744. The smallest absolute Gasteiger partial charge is 0.461 e. The number of aromatic nitrogens is 1. The molecule has 22 heavy (non-hydrogen) atoms. The fourth-order valence-corrected chi connectivity index (χ4v) is 2.12. The summed E-state index contributed by atoms with van der Waals surface area (Å²) >= 11 is 0. The van der Waals surface area contributed by atoms with Gasteiger partial charge in [-0.2, -0.15) is 0 Å². The molecule has 0 amide bonds. The van der Waals surface area contributed by atoms with Gasteiger partial charge in [0.25, 0.3) is 0 Å². The van der Waals surface area contributed by atoms with E-state index in [9.17, 15) is 4.79 Å². The van der Waals surface area contributed by atoms with E-state index in [1.54, 1.807) is 6.92 Å². The molecule has 1 aromatic heterocycles. The van der Waals surface area contributed by atoms with Gasteiger partial charge in [0.05, 0.1) is 6.61 Å². The van der Waals surface area contributed by atoms with Crippen LogP contribution >= 0.6 is 0 Å². The van der Waals surface area contributed by atoms with E-state index in [-0.39, 0.29) is 23.0 Å². The molecule has 0 aromatic carbocycles. The van der Waals surface area contributed by atoms with Gasteiger partial charge in [0.1, 0.15) is 5.69 Å². The van der Waals surface area contributed by atoms with E-state index in [1.807, 2.05) is 70.9 Å². The van der Waals surface area contributed by atoms with E-state index in [1.165, 1.54) is 0 Å². The van der Waals surface area contributed by atoms with Crippen molar-refractivity contribution in [2.45, 2.75) is 13.8 Å². The van der Waals surface area contributed by atoms with E-state index in [2.05, 4.69) is 4.98 Å². The Hall–Kier alpha value is -0.731. The largest absolute Gasteiger partial charge is 2.00 e.